The maximum absolute atomic E-state index is 13.3. The molecule has 2 amide bonds. The van der Waals surface area contributed by atoms with Crippen molar-refractivity contribution in [2.24, 2.45) is 5.92 Å². The Balaban J connectivity index is 1.32. The largest absolute Gasteiger partial charge is 0.497 e. The number of rotatable bonds is 6. The number of carbonyl (C=O) groups excluding carboxylic acids is 2. The fourth-order valence-electron chi connectivity index (χ4n) is 4.68. The van der Waals surface area contributed by atoms with Gasteiger partial charge in [0.1, 0.15) is 5.75 Å². The second-order valence-corrected chi connectivity index (χ2v) is 9.15. The van der Waals surface area contributed by atoms with E-state index < -0.39 is 0 Å². The molecule has 5 heteroatoms. The molecule has 0 aromatic heterocycles. The molecule has 1 aliphatic heterocycles. The van der Waals surface area contributed by atoms with Gasteiger partial charge in [-0.05, 0) is 73.4 Å². The minimum Gasteiger partial charge on any atom is -0.497 e. The number of nitrogens with zero attached hydrogens (tertiary/aromatic N) is 2. The van der Waals surface area contributed by atoms with Gasteiger partial charge in [0.2, 0.25) is 5.91 Å². The number of hydrogen-bond donors (Lipinski definition) is 0. The third kappa shape index (κ3) is 4.46. The Kier molecular flexibility index (Phi) is 6.03. The van der Waals surface area contributed by atoms with Crippen LogP contribution in [-0.4, -0.2) is 55.9 Å². The maximum atomic E-state index is 13.3. The zero-order chi connectivity index (χ0) is 22.0. The first-order valence-electron chi connectivity index (χ1n) is 11.2. The van der Waals surface area contributed by atoms with Gasteiger partial charge in [-0.1, -0.05) is 24.3 Å². The van der Waals surface area contributed by atoms with E-state index in [4.69, 9.17) is 4.74 Å². The van der Waals surface area contributed by atoms with E-state index in [1.165, 1.54) is 5.56 Å². The fraction of sp³-hybridized carbons (Fsp3) is 0.462. The summed E-state index contributed by atoms with van der Waals surface area (Å²) in [5, 5.41) is 0. The Hall–Kier alpha value is -2.82. The molecule has 0 unspecified atom stereocenters. The average molecular weight is 421 g/mol. The van der Waals surface area contributed by atoms with Crippen molar-refractivity contribution in [3.63, 3.8) is 0 Å². The molecule has 0 spiro atoms. The third-order valence-corrected chi connectivity index (χ3v) is 6.84. The summed E-state index contributed by atoms with van der Waals surface area (Å²) >= 11 is 0. The number of hydrogen-bond acceptors (Lipinski definition) is 3. The molecule has 1 aliphatic carbocycles. The zero-order valence-electron chi connectivity index (χ0n) is 18.8. The number of likely N-dealkylation sites (tertiary alicyclic amines) is 1. The highest BCUT2D eigenvalue weighted by Crippen LogP contribution is 2.50. The number of benzene rings is 2. The molecule has 0 N–H and O–H groups in total. The first kappa shape index (κ1) is 21.4. The molecule has 1 saturated carbocycles. The summed E-state index contributed by atoms with van der Waals surface area (Å²) in [6.45, 7) is 1.66. The number of amides is 2. The Bertz CT molecular complexity index is 922. The highest BCUT2D eigenvalue weighted by atomic mass is 16.5. The Morgan fingerprint density at radius 1 is 1.00 bits per heavy atom. The van der Waals surface area contributed by atoms with Gasteiger partial charge in [-0.25, -0.2) is 0 Å². The van der Waals surface area contributed by atoms with Crippen molar-refractivity contribution < 1.29 is 14.3 Å². The molecule has 0 atom stereocenters. The lowest BCUT2D eigenvalue weighted by atomic mass is 9.88. The minimum atomic E-state index is -0.312. The van der Waals surface area contributed by atoms with Crippen molar-refractivity contribution in [1.82, 2.24) is 9.80 Å². The zero-order valence-corrected chi connectivity index (χ0v) is 18.8. The van der Waals surface area contributed by atoms with Gasteiger partial charge in [-0.2, -0.15) is 0 Å². The van der Waals surface area contributed by atoms with Crippen molar-refractivity contribution in [3.05, 3.63) is 65.2 Å². The van der Waals surface area contributed by atoms with Crippen LogP contribution in [0.2, 0.25) is 0 Å². The highest BCUT2D eigenvalue weighted by Gasteiger charge is 2.53. The van der Waals surface area contributed by atoms with Crippen molar-refractivity contribution in [3.8, 4) is 5.75 Å². The van der Waals surface area contributed by atoms with E-state index in [-0.39, 0.29) is 11.3 Å². The van der Waals surface area contributed by atoms with Gasteiger partial charge in [0.25, 0.3) is 5.91 Å². The summed E-state index contributed by atoms with van der Waals surface area (Å²) < 4.78 is 5.25. The lowest BCUT2D eigenvalue weighted by Gasteiger charge is -2.34. The van der Waals surface area contributed by atoms with E-state index in [0.717, 1.165) is 62.1 Å². The molecule has 5 nitrogen and oxygen atoms in total. The smallest absolute Gasteiger partial charge is 0.253 e. The van der Waals surface area contributed by atoms with Crippen LogP contribution in [0.15, 0.2) is 48.5 Å². The summed E-state index contributed by atoms with van der Waals surface area (Å²) in [7, 11) is 5.20. The van der Waals surface area contributed by atoms with Gasteiger partial charge in [0, 0.05) is 32.7 Å². The fourth-order valence-corrected chi connectivity index (χ4v) is 4.68. The average Bonchev–Trinajstić information content (AvgIpc) is 3.61. The van der Waals surface area contributed by atoms with Gasteiger partial charge >= 0.3 is 0 Å². The number of carbonyl (C=O) groups is 2. The molecule has 164 valence electrons. The van der Waals surface area contributed by atoms with E-state index in [1.54, 1.807) is 26.1 Å². The molecule has 0 radical (unpaired) electrons. The van der Waals surface area contributed by atoms with Gasteiger partial charge in [0.15, 0.2) is 0 Å². The van der Waals surface area contributed by atoms with Crippen LogP contribution in [-0.2, 0) is 16.6 Å². The summed E-state index contributed by atoms with van der Waals surface area (Å²) in [6.07, 6.45) is 4.94. The molecule has 2 aliphatic rings. The number of ether oxygens (including phenoxy) is 1. The van der Waals surface area contributed by atoms with E-state index in [9.17, 15) is 9.59 Å². The summed E-state index contributed by atoms with van der Waals surface area (Å²) in [5.74, 6) is 1.73. The van der Waals surface area contributed by atoms with Gasteiger partial charge in [-0.3, -0.25) is 9.59 Å². The summed E-state index contributed by atoms with van der Waals surface area (Å²) in [6, 6.07) is 16.0. The lowest BCUT2D eigenvalue weighted by molar-refractivity contribution is -0.135. The highest BCUT2D eigenvalue weighted by molar-refractivity contribution is 5.94. The monoisotopic (exact) mass is 420 g/mol. The molecule has 2 fully saturated rings. The molecule has 4 rings (SSSR count). The molecule has 1 saturated heterocycles. The van der Waals surface area contributed by atoms with Crippen LogP contribution in [0.25, 0.3) is 0 Å². The molecular weight excluding hydrogens is 388 g/mol. The van der Waals surface area contributed by atoms with E-state index in [2.05, 4.69) is 17.0 Å². The first-order valence-corrected chi connectivity index (χ1v) is 11.2. The van der Waals surface area contributed by atoms with Crippen LogP contribution in [0.1, 0.15) is 47.2 Å². The van der Waals surface area contributed by atoms with E-state index in [1.807, 2.05) is 36.4 Å². The van der Waals surface area contributed by atoms with Crippen LogP contribution in [0.3, 0.4) is 0 Å². The van der Waals surface area contributed by atoms with Crippen molar-refractivity contribution in [1.29, 1.82) is 0 Å². The molecule has 1 heterocycles. The number of piperidine rings is 1. The standard InChI is InChI=1S/C26H32N2O3/c1-27(2)24(29)21-6-4-19(5-7-21)18-20-12-16-28(17-13-20)25(30)26(14-15-26)22-8-10-23(31-3)11-9-22/h4-11,20H,12-18H2,1-3H3. The van der Waals surface area contributed by atoms with Crippen molar-refractivity contribution in [2.75, 3.05) is 34.3 Å². The topological polar surface area (TPSA) is 49.9 Å². The lowest BCUT2D eigenvalue weighted by Crippen LogP contribution is -2.44. The Morgan fingerprint density at radius 2 is 1.61 bits per heavy atom. The van der Waals surface area contributed by atoms with Gasteiger partial charge in [-0.15, -0.1) is 0 Å². The Morgan fingerprint density at radius 3 is 2.13 bits per heavy atom. The predicted molar refractivity (Wildman–Crippen MR) is 121 cm³/mol. The maximum Gasteiger partial charge on any atom is 0.253 e. The SMILES string of the molecule is COc1ccc(C2(C(=O)N3CCC(Cc4ccc(C(=O)N(C)C)cc4)CC3)CC2)cc1. The van der Waals surface area contributed by atoms with Crippen LogP contribution in [0.4, 0.5) is 0 Å². The van der Waals surface area contributed by atoms with Crippen molar-refractivity contribution in [2.45, 2.75) is 37.5 Å². The van der Waals surface area contributed by atoms with Crippen molar-refractivity contribution >= 4 is 11.8 Å². The normalized spacial score (nSPS) is 17.8. The second-order valence-electron chi connectivity index (χ2n) is 9.15. The first-order chi connectivity index (χ1) is 14.9. The van der Waals surface area contributed by atoms with Gasteiger partial charge < -0.3 is 14.5 Å². The molecular formula is C26H32N2O3. The van der Waals surface area contributed by atoms with Gasteiger partial charge in [0.05, 0.1) is 12.5 Å². The van der Waals surface area contributed by atoms with Crippen LogP contribution < -0.4 is 4.74 Å². The summed E-state index contributed by atoms with van der Waals surface area (Å²) in [5.41, 5.74) is 2.79. The van der Waals surface area contributed by atoms with Crippen LogP contribution in [0, 0.1) is 5.92 Å². The second kappa shape index (κ2) is 8.74. The van der Waals surface area contributed by atoms with E-state index >= 15 is 0 Å². The molecule has 31 heavy (non-hydrogen) atoms. The number of methoxy groups -OCH3 is 1. The predicted octanol–water partition coefficient (Wildman–Crippen LogP) is 3.91. The summed E-state index contributed by atoms with van der Waals surface area (Å²) in [4.78, 5) is 29.0. The third-order valence-electron chi connectivity index (χ3n) is 6.84. The molecule has 2 aromatic rings. The van der Waals surface area contributed by atoms with E-state index in [0.29, 0.717) is 11.8 Å². The molecule has 2 aromatic carbocycles. The van der Waals surface area contributed by atoms with Crippen LogP contribution in [0.5, 0.6) is 5.75 Å². The Labute approximate surface area is 185 Å². The molecule has 0 bridgehead atoms. The quantitative estimate of drug-likeness (QED) is 0.712. The van der Waals surface area contributed by atoms with Crippen LogP contribution >= 0.6 is 0 Å². The minimum absolute atomic E-state index is 0.0317.